The summed E-state index contributed by atoms with van der Waals surface area (Å²) >= 11 is 0. The summed E-state index contributed by atoms with van der Waals surface area (Å²) in [6, 6.07) is -0.380. The van der Waals surface area contributed by atoms with Crippen molar-refractivity contribution >= 4 is 5.97 Å². The van der Waals surface area contributed by atoms with Crippen molar-refractivity contribution < 1.29 is 40.9 Å². The second-order valence-corrected chi connectivity index (χ2v) is 1.70. The first-order valence-electron chi connectivity index (χ1n) is 2.44. The molecule has 0 aromatic rings. The van der Waals surface area contributed by atoms with Gasteiger partial charge in [-0.25, -0.2) is 4.79 Å². The van der Waals surface area contributed by atoms with E-state index < -0.39 is 5.97 Å². The number of nitrogens with one attached hydrogen (secondary N) is 1. The number of carboxylic acids is 1. The maximum absolute atomic E-state index is 10.1. The molecule has 0 saturated carbocycles. The smallest absolute Gasteiger partial charge is 1.00 e. The zero-order valence-electron chi connectivity index (χ0n) is 6.29. The maximum Gasteiger partial charge on any atom is 1.00 e. The van der Waals surface area contributed by atoms with Crippen molar-refractivity contribution in [3.63, 3.8) is 0 Å². The maximum atomic E-state index is 10.1. The molecular formula is C5H8NNaO2. The summed E-state index contributed by atoms with van der Waals surface area (Å²) in [5, 5.41) is 11.0. The van der Waals surface area contributed by atoms with Gasteiger partial charge in [0.05, 0.1) is 0 Å². The summed E-state index contributed by atoms with van der Waals surface area (Å²) in [4.78, 5) is 10.1. The molecule has 1 heterocycles. The fourth-order valence-corrected chi connectivity index (χ4v) is 0.628. The number of rotatable bonds is 1. The van der Waals surface area contributed by atoms with Crippen LogP contribution in [0.1, 0.15) is 7.85 Å². The standard InChI is InChI=1S/C5H7NO2.Na.H/c7-5(8)4-2-1-3-6-4;;/h1,3-4,6H,2H2,(H,7,8);;/q;+1;-1. The van der Waals surface area contributed by atoms with Gasteiger partial charge >= 0.3 is 35.5 Å². The van der Waals surface area contributed by atoms with Crippen LogP contribution >= 0.6 is 0 Å². The molecule has 1 aliphatic rings. The topological polar surface area (TPSA) is 49.3 Å². The fourth-order valence-electron chi connectivity index (χ4n) is 0.628. The summed E-state index contributed by atoms with van der Waals surface area (Å²) in [6.45, 7) is 0. The molecule has 46 valence electrons. The largest absolute Gasteiger partial charge is 1.00 e. The number of aliphatic carboxylic acids is 1. The van der Waals surface area contributed by atoms with Crippen LogP contribution in [0, 0.1) is 0 Å². The van der Waals surface area contributed by atoms with Crippen LogP contribution in [0.4, 0.5) is 0 Å². The van der Waals surface area contributed by atoms with E-state index in [0.717, 1.165) is 0 Å². The van der Waals surface area contributed by atoms with Crippen LogP contribution in [0.2, 0.25) is 0 Å². The predicted molar refractivity (Wildman–Crippen MR) is 29.4 cm³/mol. The summed E-state index contributed by atoms with van der Waals surface area (Å²) < 4.78 is 0. The molecule has 0 aliphatic carbocycles. The van der Waals surface area contributed by atoms with Gasteiger partial charge < -0.3 is 11.8 Å². The van der Waals surface area contributed by atoms with Gasteiger partial charge in [0, 0.05) is 0 Å². The minimum atomic E-state index is -0.782. The molecule has 1 rings (SSSR count). The second kappa shape index (κ2) is 3.93. The molecule has 0 aromatic carbocycles. The first kappa shape index (κ1) is 9.01. The van der Waals surface area contributed by atoms with Crippen molar-refractivity contribution in [2.45, 2.75) is 12.5 Å². The van der Waals surface area contributed by atoms with E-state index in [-0.39, 0.29) is 37.0 Å². The average Bonchev–Trinajstić information content (AvgIpc) is 2.12. The molecular weight excluding hydrogens is 129 g/mol. The monoisotopic (exact) mass is 137 g/mol. The van der Waals surface area contributed by atoms with Crippen LogP contribution in [0.5, 0.6) is 0 Å². The Morgan fingerprint density at radius 3 is 2.78 bits per heavy atom. The van der Waals surface area contributed by atoms with E-state index in [9.17, 15) is 4.79 Å². The molecule has 3 nitrogen and oxygen atoms in total. The van der Waals surface area contributed by atoms with Crippen LogP contribution in [0.25, 0.3) is 0 Å². The Labute approximate surface area is 76.9 Å². The molecule has 9 heavy (non-hydrogen) atoms. The molecule has 0 radical (unpaired) electrons. The third-order valence-corrected chi connectivity index (χ3v) is 1.09. The third-order valence-electron chi connectivity index (χ3n) is 1.09. The van der Waals surface area contributed by atoms with E-state index >= 15 is 0 Å². The Bertz CT molecular complexity index is 132. The van der Waals surface area contributed by atoms with E-state index in [0.29, 0.717) is 6.42 Å². The molecule has 0 saturated heterocycles. The van der Waals surface area contributed by atoms with Crippen LogP contribution < -0.4 is 34.9 Å². The zero-order chi connectivity index (χ0) is 5.98. The van der Waals surface area contributed by atoms with Crippen molar-refractivity contribution in [2.75, 3.05) is 0 Å². The van der Waals surface area contributed by atoms with Crippen molar-refractivity contribution in [1.29, 1.82) is 0 Å². The number of hydrogen-bond acceptors (Lipinski definition) is 2. The number of hydrogen-bond donors (Lipinski definition) is 2. The quantitative estimate of drug-likeness (QED) is 0.380. The van der Waals surface area contributed by atoms with Crippen LogP contribution in [-0.4, -0.2) is 17.1 Å². The van der Waals surface area contributed by atoms with Gasteiger partial charge in [0.1, 0.15) is 6.04 Å². The molecule has 1 atom stereocenters. The van der Waals surface area contributed by atoms with Gasteiger partial charge in [-0.15, -0.1) is 0 Å². The van der Waals surface area contributed by atoms with Crippen LogP contribution in [0.15, 0.2) is 12.3 Å². The summed E-state index contributed by atoms with van der Waals surface area (Å²) in [5.74, 6) is -0.782. The molecule has 1 unspecified atom stereocenters. The van der Waals surface area contributed by atoms with Gasteiger partial charge in [0.2, 0.25) is 0 Å². The Kier molecular flexibility index (Phi) is 3.93. The summed E-state index contributed by atoms with van der Waals surface area (Å²) in [5.41, 5.74) is 0. The molecule has 1 aliphatic heterocycles. The van der Waals surface area contributed by atoms with Crippen LogP contribution in [0.3, 0.4) is 0 Å². The minimum Gasteiger partial charge on any atom is -1.00 e. The van der Waals surface area contributed by atoms with E-state index in [4.69, 9.17) is 5.11 Å². The van der Waals surface area contributed by atoms with Gasteiger partial charge in [-0.3, -0.25) is 0 Å². The Morgan fingerprint density at radius 1 is 1.89 bits per heavy atom. The molecule has 0 spiro atoms. The molecule has 2 N–H and O–H groups in total. The zero-order valence-corrected chi connectivity index (χ0v) is 7.29. The van der Waals surface area contributed by atoms with E-state index in [1.165, 1.54) is 0 Å². The average molecular weight is 137 g/mol. The van der Waals surface area contributed by atoms with Crippen molar-refractivity contribution in [1.82, 2.24) is 5.32 Å². The normalized spacial score (nSPS) is 22.4. The molecule has 0 bridgehead atoms. The van der Waals surface area contributed by atoms with Crippen molar-refractivity contribution in [2.24, 2.45) is 0 Å². The first-order valence-corrected chi connectivity index (χ1v) is 2.44. The van der Waals surface area contributed by atoms with Crippen molar-refractivity contribution in [3.8, 4) is 0 Å². The van der Waals surface area contributed by atoms with Gasteiger partial charge in [0.15, 0.2) is 0 Å². The summed E-state index contributed by atoms with van der Waals surface area (Å²) in [7, 11) is 0. The predicted octanol–water partition coefficient (Wildman–Crippen LogP) is -2.94. The fraction of sp³-hybridized carbons (Fsp3) is 0.400. The number of carboxylic acid groups (broad SMARTS) is 1. The molecule has 4 heteroatoms. The molecule has 0 amide bonds. The minimum absolute atomic E-state index is 0. The Balaban J connectivity index is 0. The first-order chi connectivity index (χ1) is 3.80. The Hall–Kier alpha value is 0.0100. The van der Waals surface area contributed by atoms with Gasteiger partial charge in [-0.05, 0) is 12.6 Å². The van der Waals surface area contributed by atoms with E-state index in [1.807, 2.05) is 0 Å². The number of carbonyl (C=O) groups is 1. The molecule has 0 aromatic heterocycles. The molecule has 0 fully saturated rings. The van der Waals surface area contributed by atoms with Crippen molar-refractivity contribution in [3.05, 3.63) is 12.3 Å². The Morgan fingerprint density at radius 2 is 2.56 bits per heavy atom. The van der Waals surface area contributed by atoms with E-state index in [2.05, 4.69) is 5.32 Å². The van der Waals surface area contributed by atoms with E-state index in [1.54, 1.807) is 12.3 Å². The van der Waals surface area contributed by atoms with Gasteiger partial charge in [-0.2, -0.15) is 0 Å². The van der Waals surface area contributed by atoms with Crippen LogP contribution in [-0.2, 0) is 4.79 Å². The third kappa shape index (κ3) is 2.39. The summed E-state index contributed by atoms with van der Waals surface area (Å²) in [6.07, 6.45) is 4.08. The van der Waals surface area contributed by atoms with Gasteiger partial charge in [-0.1, -0.05) is 6.08 Å². The second-order valence-electron chi connectivity index (χ2n) is 1.70. The SMILES string of the molecule is O=C(O)C1CC=CN1.[H-].[Na+]. The van der Waals surface area contributed by atoms with Gasteiger partial charge in [0.25, 0.3) is 0 Å².